The molecule has 0 bridgehead atoms. The minimum atomic E-state index is -0.0848. The molecule has 0 spiro atoms. The van der Waals surface area contributed by atoms with E-state index in [9.17, 15) is 4.79 Å². The highest BCUT2D eigenvalue weighted by Crippen LogP contribution is 2.39. The number of carbonyl (C=O) groups excluding carboxylic acids is 1. The molecule has 1 N–H and O–H groups in total. The molecule has 29 heavy (non-hydrogen) atoms. The molecule has 4 atom stereocenters. The number of furan rings is 1. The smallest absolute Gasteiger partial charge is 0.254 e. The van der Waals surface area contributed by atoms with Crippen LogP contribution in [0.25, 0.3) is 0 Å². The molecule has 1 aliphatic heterocycles. The summed E-state index contributed by atoms with van der Waals surface area (Å²) in [5.41, 5.74) is 0.563. The topological polar surface area (TPSA) is 93.6 Å². The van der Waals surface area contributed by atoms with Crippen LogP contribution in [0.5, 0.6) is 0 Å². The summed E-state index contributed by atoms with van der Waals surface area (Å²) < 4.78 is 16.7. The van der Waals surface area contributed by atoms with Crippen LogP contribution in [0.15, 0.2) is 27.5 Å². The fourth-order valence-corrected chi connectivity index (χ4v) is 4.76. The Morgan fingerprint density at radius 3 is 2.83 bits per heavy atom. The molecule has 2 aliphatic carbocycles. The molecule has 3 heterocycles. The van der Waals surface area contributed by atoms with Crippen molar-refractivity contribution in [2.75, 3.05) is 19.7 Å². The third-order valence-electron chi connectivity index (χ3n) is 6.46. The van der Waals surface area contributed by atoms with Gasteiger partial charge in [0.15, 0.2) is 5.82 Å². The van der Waals surface area contributed by atoms with E-state index in [1.165, 1.54) is 25.4 Å². The second kappa shape index (κ2) is 7.91. The van der Waals surface area contributed by atoms with Crippen LogP contribution in [-0.2, 0) is 11.3 Å². The van der Waals surface area contributed by atoms with Gasteiger partial charge in [-0.25, -0.2) is 0 Å². The molecule has 156 valence electrons. The van der Waals surface area contributed by atoms with E-state index < -0.39 is 0 Å². The zero-order valence-electron chi connectivity index (χ0n) is 16.8. The van der Waals surface area contributed by atoms with E-state index in [0.717, 1.165) is 32.5 Å². The van der Waals surface area contributed by atoms with Crippen LogP contribution in [0.3, 0.4) is 0 Å². The summed E-state index contributed by atoms with van der Waals surface area (Å²) in [5.74, 6) is 3.08. The predicted octanol–water partition coefficient (Wildman–Crippen LogP) is 2.41. The highest BCUT2D eigenvalue weighted by molar-refractivity contribution is 5.94. The van der Waals surface area contributed by atoms with Crippen molar-refractivity contribution in [2.45, 2.75) is 51.3 Å². The minimum absolute atomic E-state index is 0.0306. The number of nitrogens with zero attached hydrogens (tertiary/aromatic N) is 3. The molecular weight excluding hydrogens is 372 g/mol. The van der Waals surface area contributed by atoms with E-state index in [1.807, 2.05) is 6.92 Å². The van der Waals surface area contributed by atoms with E-state index in [1.54, 1.807) is 6.07 Å². The summed E-state index contributed by atoms with van der Waals surface area (Å²) in [6, 6.07) is 1.73. The molecule has 0 unspecified atom stereocenters. The van der Waals surface area contributed by atoms with E-state index in [4.69, 9.17) is 13.7 Å². The first-order valence-corrected chi connectivity index (χ1v) is 10.6. The first-order valence-electron chi connectivity index (χ1n) is 10.6. The number of ether oxygens (including phenoxy) is 1. The molecular formula is C21H28N4O4. The lowest BCUT2D eigenvalue weighted by Crippen LogP contribution is -2.50. The minimum Gasteiger partial charge on any atom is -0.472 e. The third-order valence-corrected chi connectivity index (χ3v) is 6.46. The maximum absolute atomic E-state index is 12.6. The first-order chi connectivity index (χ1) is 14.1. The molecule has 1 saturated heterocycles. The Morgan fingerprint density at radius 2 is 2.14 bits per heavy atom. The molecule has 8 nitrogen and oxygen atoms in total. The van der Waals surface area contributed by atoms with Gasteiger partial charge in [-0.2, -0.15) is 4.98 Å². The number of nitrogens with one attached hydrogen (secondary N) is 1. The predicted molar refractivity (Wildman–Crippen MR) is 103 cm³/mol. The normalized spacial score (nSPS) is 29.7. The fourth-order valence-electron chi connectivity index (χ4n) is 4.76. The molecule has 8 heteroatoms. The summed E-state index contributed by atoms with van der Waals surface area (Å²) in [6.45, 7) is 5.34. The number of carbonyl (C=O) groups is 1. The van der Waals surface area contributed by atoms with Gasteiger partial charge < -0.3 is 19.0 Å². The van der Waals surface area contributed by atoms with Crippen LogP contribution in [0.4, 0.5) is 0 Å². The van der Waals surface area contributed by atoms with Gasteiger partial charge in [0.1, 0.15) is 6.26 Å². The summed E-state index contributed by atoms with van der Waals surface area (Å²) in [4.78, 5) is 19.3. The number of likely N-dealkylation sites (tertiary alicyclic amines) is 1. The van der Waals surface area contributed by atoms with Crippen LogP contribution >= 0.6 is 0 Å². The van der Waals surface area contributed by atoms with Gasteiger partial charge in [-0.15, -0.1) is 0 Å². The van der Waals surface area contributed by atoms with E-state index in [2.05, 4.69) is 20.4 Å². The Kier molecular flexibility index (Phi) is 5.13. The lowest BCUT2D eigenvalue weighted by molar-refractivity contribution is -0.0212. The van der Waals surface area contributed by atoms with Crippen molar-refractivity contribution in [1.29, 1.82) is 0 Å². The van der Waals surface area contributed by atoms with Gasteiger partial charge >= 0.3 is 0 Å². The van der Waals surface area contributed by atoms with Crippen molar-refractivity contribution >= 4 is 5.91 Å². The molecule has 2 saturated carbocycles. The Labute approximate surface area is 170 Å². The van der Waals surface area contributed by atoms with E-state index in [-0.39, 0.29) is 18.1 Å². The van der Waals surface area contributed by atoms with Crippen molar-refractivity contribution < 1.29 is 18.5 Å². The molecule has 0 aromatic carbocycles. The van der Waals surface area contributed by atoms with Gasteiger partial charge in [0.05, 0.1) is 30.5 Å². The average molecular weight is 400 g/mol. The van der Waals surface area contributed by atoms with Crippen LogP contribution in [0.1, 0.15) is 47.8 Å². The number of hydrogen-bond acceptors (Lipinski definition) is 7. The number of hydrogen-bond donors (Lipinski definition) is 1. The van der Waals surface area contributed by atoms with Gasteiger partial charge in [-0.3, -0.25) is 9.69 Å². The van der Waals surface area contributed by atoms with Gasteiger partial charge in [0.2, 0.25) is 5.89 Å². The maximum atomic E-state index is 12.6. The zero-order chi connectivity index (χ0) is 19.8. The van der Waals surface area contributed by atoms with Crippen molar-refractivity contribution in [3.8, 4) is 0 Å². The van der Waals surface area contributed by atoms with E-state index in [0.29, 0.717) is 41.6 Å². The Bertz CT molecular complexity index is 832. The molecule has 0 radical (unpaired) electrons. The number of fused-ring (bicyclic) bond motifs is 1. The Balaban J connectivity index is 1.24. The highest BCUT2D eigenvalue weighted by atomic mass is 16.5. The summed E-state index contributed by atoms with van der Waals surface area (Å²) in [7, 11) is 0. The Hall–Kier alpha value is -2.19. The maximum Gasteiger partial charge on any atom is 0.254 e. The molecule has 2 aromatic rings. The van der Waals surface area contributed by atoms with E-state index >= 15 is 0 Å². The quantitative estimate of drug-likeness (QED) is 0.763. The number of aryl methyl sites for hydroxylation is 1. The van der Waals surface area contributed by atoms with Crippen molar-refractivity contribution in [1.82, 2.24) is 20.4 Å². The molecule has 2 aromatic heterocycles. The summed E-state index contributed by atoms with van der Waals surface area (Å²) in [5, 5.41) is 7.10. The SMILES string of the molecule is Cc1noc(CN2C[C@H]3C[C@H](OCC4CC4)[C@@H](NC(=O)c4ccoc4)C[C@H]3C2)n1. The van der Waals surface area contributed by atoms with Gasteiger partial charge in [-0.05, 0) is 56.4 Å². The summed E-state index contributed by atoms with van der Waals surface area (Å²) >= 11 is 0. The van der Waals surface area contributed by atoms with Gasteiger partial charge in [0, 0.05) is 19.7 Å². The molecule has 5 rings (SSSR count). The Morgan fingerprint density at radius 1 is 1.31 bits per heavy atom. The monoisotopic (exact) mass is 400 g/mol. The van der Waals surface area contributed by atoms with Crippen LogP contribution < -0.4 is 5.32 Å². The van der Waals surface area contributed by atoms with Crippen LogP contribution in [-0.4, -0.2) is 52.8 Å². The number of amides is 1. The second-order valence-corrected chi connectivity index (χ2v) is 8.83. The number of rotatable bonds is 7. The molecule has 3 fully saturated rings. The third kappa shape index (κ3) is 4.38. The standard InChI is InChI=1S/C21H28N4O4/c1-13-22-20(29-24-13)10-25-8-16-6-18(23-21(26)15-4-5-27-12-15)19(7-17(16)9-25)28-11-14-2-3-14/h4-5,12,14,16-19H,2-3,6-11H2,1H3,(H,23,26)/t16-,17+,18-,19-/m0/s1. The zero-order valence-corrected chi connectivity index (χ0v) is 16.8. The molecule has 3 aliphatic rings. The first kappa shape index (κ1) is 18.8. The summed E-state index contributed by atoms with van der Waals surface area (Å²) in [6.07, 6.45) is 7.53. The van der Waals surface area contributed by atoms with Crippen molar-refractivity contribution in [3.05, 3.63) is 35.9 Å². The van der Waals surface area contributed by atoms with Gasteiger partial charge in [0.25, 0.3) is 5.91 Å². The fraction of sp³-hybridized carbons (Fsp3) is 0.667. The highest BCUT2D eigenvalue weighted by Gasteiger charge is 2.44. The van der Waals surface area contributed by atoms with Crippen LogP contribution in [0.2, 0.25) is 0 Å². The average Bonchev–Trinajstić information content (AvgIpc) is 3.07. The largest absolute Gasteiger partial charge is 0.472 e. The molecule has 1 amide bonds. The van der Waals surface area contributed by atoms with Gasteiger partial charge in [-0.1, -0.05) is 5.16 Å². The second-order valence-electron chi connectivity index (χ2n) is 8.83. The number of aromatic nitrogens is 2. The lowest BCUT2D eigenvalue weighted by atomic mass is 9.77. The van der Waals surface area contributed by atoms with Crippen LogP contribution in [0, 0.1) is 24.7 Å². The van der Waals surface area contributed by atoms with Crippen molar-refractivity contribution in [2.24, 2.45) is 17.8 Å². The lowest BCUT2D eigenvalue weighted by Gasteiger charge is -2.38. The van der Waals surface area contributed by atoms with Crippen molar-refractivity contribution in [3.63, 3.8) is 0 Å².